The van der Waals surface area contributed by atoms with Gasteiger partial charge in [0.05, 0.1) is 19.8 Å². The number of aromatic nitrogens is 2. The van der Waals surface area contributed by atoms with E-state index in [-0.39, 0.29) is 0 Å². The summed E-state index contributed by atoms with van der Waals surface area (Å²) < 4.78 is 12.8. The third kappa shape index (κ3) is 8.70. The summed E-state index contributed by atoms with van der Waals surface area (Å²) in [5, 5.41) is 10.9. The summed E-state index contributed by atoms with van der Waals surface area (Å²) in [5.41, 5.74) is 2.35. The third-order valence-corrected chi connectivity index (χ3v) is 3.94. The fourth-order valence-electron chi connectivity index (χ4n) is 2.57. The number of aliphatic imine (C=N–C) groups is 1. The Morgan fingerprint density at radius 2 is 2.00 bits per heavy atom. The highest BCUT2D eigenvalue weighted by molar-refractivity contribution is 5.79. The first kappa shape index (κ1) is 20.9. The van der Waals surface area contributed by atoms with E-state index in [1.807, 2.05) is 23.9 Å². The van der Waals surface area contributed by atoms with E-state index < -0.39 is 0 Å². The van der Waals surface area contributed by atoms with E-state index in [2.05, 4.69) is 45.0 Å². The Hall–Kier alpha value is -2.38. The summed E-state index contributed by atoms with van der Waals surface area (Å²) in [5.74, 6) is 0.800. The summed E-state index contributed by atoms with van der Waals surface area (Å²) in [6, 6.07) is 10.3. The van der Waals surface area contributed by atoms with Gasteiger partial charge in [-0.15, -0.1) is 0 Å². The maximum Gasteiger partial charge on any atom is 0.191 e. The van der Waals surface area contributed by atoms with Gasteiger partial charge in [0, 0.05) is 45.7 Å². The van der Waals surface area contributed by atoms with Crippen molar-refractivity contribution in [2.24, 2.45) is 4.99 Å². The van der Waals surface area contributed by atoms with Crippen LogP contribution in [0.4, 0.5) is 0 Å². The van der Waals surface area contributed by atoms with Crippen LogP contribution >= 0.6 is 0 Å². The summed E-state index contributed by atoms with van der Waals surface area (Å²) in [6.07, 6.45) is 4.75. The SMILES string of the molecule is CCOCCOCc1cccc(CNC(=NC)NCCCn2cccn2)c1. The first-order chi connectivity index (χ1) is 13.3. The van der Waals surface area contributed by atoms with E-state index in [1.165, 1.54) is 5.56 Å². The molecule has 7 nitrogen and oxygen atoms in total. The average molecular weight is 374 g/mol. The van der Waals surface area contributed by atoms with Crippen molar-refractivity contribution in [3.05, 3.63) is 53.9 Å². The molecule has 0 saturated heterocycles. The number of hydrogen-bond acceptors (Lipinski definition) is 4. The number of nitrogens with zero attached hydrogens (tertiary/aromatic N) is 3. The van der Waals surface area contributed by atoms with Crippen LogP contribution < -0.4 is 10.6 Å². The molecule has 2 N–H and O–H groups in total. The lowest BCUT2D eigenvalue weighted by Gasteiger charge is -2.13. The molecule has 0 unspecified atom stereocenters. The molecule has 27 heavy (non-hydrogen) atoms. The van der Waals surface area contributed by atoms with E-state index in [0.29, 0.717) is 26.4 Å². The fraction of sp³-hybridized carbons (Fsp3) is 0.500. The average Bonchev–Trinajstić information content (AvgIpc) is 3.21. The van der Waals surface area contributed by atoms with Crippen LogP contribution in [0.5, 0.6) is 0 Å². The zero-order valence-electron chi connectivity index (χ0n) is 16.4. The van der Waals surface area contributed by atoms with Crippen LogP contribution in [0.2, 0.25) is 0 Å². The molecule has 0 atom stereocenters. The second kappa shape index (κ2) is 12.9. The first-order valence-electron chi connectivity index (χ1n) is 9.47. The molecular formula is C20H31N5O2. The van der Waals surface area contributed by atoms with Crippen LogP contribution in [0, 0.1) is 0 Å². The Morgan fingerprint density at radius 1 is 1.15 bits per heavy atom. The number of guanidine groups is 1. The molecule has 0 spiro atoms. The zero-order chi connectivity index (χ0) is 19.2. The van der Waals surface area contributed by atoms with Gasteiger partial charge < -0.3 is 20.1 Å². The molecule has 148 valence electrons. The minimum absolute atomic E-state index is 0.599. The molecule has 7 heteroatoms. The van der Waals surface area contributed by atoms with Crippen molar-refractivity contribution in [2.75, 3.05) is 33.4 Å². The molecule has 1 heterocycles. The monoisotopic (exact) mass is 373 g/mol. The Labute approximate surface area is 161 Å². The van der Waals surface area contributed by atoms with Crippen molar-refractivity contribution in [2.45, 2.75) is 33.0 Å². The van der Waals surface area contributed by atoms with Crippen LogP contribution in [0.1, 0.15) is 24.5 Å². The number of hydrogen-bond donors (Lipinski definition) is 2. The van der Waals surface area contributed by atoms with Gasteiger partial charge in [-0.1, -0.05) is 24.3 Å². The van der Waals surface area contributed by atoms with Gasteiger partial charge in [-0.2, -0.15) is 5.10 Å². The minimum atomic E-state index is 0.599. The van der Waals surface area contributed by atoms with Crippen LogP contribution in [0.3, 0.4) is 0 Å². The van der Waals surface area contributed by atoms with Gasteiger partial charge in [-0.25, -0.2) is 0 Å². The van der Waals surface area contributed by atoms with E-state index in [9.17, 15) is 0 Å². The summed E-state index contributed by atoms with van der Waals surface area (Å²) >= 11 is 0. The number of benzene rings is 1. The molecule has 1 aromatic carbocycles. The summed E-state index contributed by atoms with van der Waals surface area (Å²) in [6.45, 7) is 7.01. The molecule has 0 bridgehead atoms. The van der Waals surface area contributed by atoms with Crippen molar-refractivity contribution < 1.29 is 9.47 Å². The summed E-state index contributed by atoms with van der Waals surface area (Å²) in [7, 11) is 1.78. The highest BCUT2D eigenvalue weighted by atomic mass is 16.5. The second-order valence-corrected chi connectivity index (χ2v) is 6.04. The van der Waals surface area contributed by atoms with Gasteiger partial charge in [0.2, 0.25) is 0 Å². The Balaban J connectivity index is 1.66. The molecular weight excluding hydrogens is 342 g/mol. The van der Waals surface area contributed by atoms with Crippen LogP contribution in [-0.4, -0.2) is 49.2 Å². The van der Waals surface area contributed by atoms with Gasteiger partial charge >= 0.3 is 0 Å². The van der Waals surface area contributed by atoms with Crippen molar-refractivity contribution >= 4 is 5.96 Å². The topological polar surface area (TPSA) is 72.7 Å². The molecule has 1 aromatic heterocycles. The smallest absolute Gasteiger partial charge is 0.191 e. The maximum absolute atomic E-state index is 5.63. The Morgan fingerprint density at radius 3 is 2.78 bits per heavy atom. The summed E-state index contributed by atoms with van der Waals surface area (Å²) in [4.78, 5) is 4.27. The normalized spacial score (nSPS) is 11.6. The van der Waals surface area contributed by atoms with Crippen LogP contribution in [-0.2, 0) is 29.2 Å². The molecule has 0 radical (unpaired) electrons. The highest BCUT2D eigenvalue weighted by Gasteiger charge is 2.01. The number of nitrogens with one attached hydrogen (secondary N) is 2. The fourth-order valence-corrected chi connectivity index (χ4v) is 2.57. The predicted octanol–water partition coefficient (Wildman–Crippen LogP) is 2.19. The number of aryl methyl sites for hydroxylation is 1. The van der Waals surface area contributed by atoms with Crippen molar-refractivity contribution in [1.29, 1.82) is 0 Å². The molecule has 0 aliphatic rings. The van der Waals surface area contributed by atoms with Gasteiger partial charge in [0.15, 0.2) is 5.96 Å². The lowest BCUT2D eigenvalue weighted by Crippen LogP contribution is -2.37. The number of rotatable bonds is 12. The standard InChI is InChI=1S/C20H31N5O2/c1-3-26-13-14-27-17-19-8-4-7-18(15-19)16-23-20(21-2)22-9-5-11-25-12-6-10-24-25/h4,6-8,10,12,15H,3,5,9,11,13-14,16-17H2,1-2H3,(H2,21,22,23). The Kier molecular flexibility index (Phi) is 9.99. The molecule has 0 fully saturated rings. The first-order valence-corrected chi connectivity index (χ1v) is 9.47. The second-order valence-electron chi connectivity index (χ2n) is 6.04. The van der Waals surface area contributed by atoms with E-state index in [1.54, 1.807) is 13.2 Å². The molecule has 0 aliphatic heterocycles. The molecule has 0 saturated carbocycles. The minimum Gasteiger partial charge on any atom is -0.379 e. The largest absolute Gasteiger partial charge is 0.379 e. The molecule has 0 aliphatic carbocycles. The van der Waals surface area contributed by atoms with Crippen molar-refractivity contribution in [1.82, 2.24) is 20.4 Å². The zero-order valence-corrected chi connectivity index (χ0v) is 16.4. The maximum atomic E-state index is 5.63. The molecule has 0 amide bonds. The van der Waals surface area contributed by atoms with Gasteiger partial charge in [-0.3, -0.25) is 9.67 Å². The van der Waals surface area contributed by atoms with Crippen molar-refractivity contribution in [3.63, 3.8) is 0 Å². The van der Waals surface area contributed by atoms with Gasteiger partial charge in [-0.05, 0) is 30.5 Å². The quantitative estimate of drug-likeness (QED) is 0.339. The van der Waals surface area contributed by atoms with Gasteiger partial charge in [0.25, 0.3) is 0 Å². The van der Waals surface area contributed by atoms with E-state index in [4.69, 9.17) is 9.47 Å². The molecule has 2 aromatic rings. The lowest BCUT2D eigenvalue weighted by molar-refractivity contribution is 0.0453. The van der Waals surface area contributed by atoms with E-state index >= 15 is 0 Å². The van der Waals surface area contributed by atoms with Crippen molar-refractivity contribution in [3.8, 4) is 0 Å². The van der Waals surface area contributed by atoms with E-state index in [0.717, 1.165) is 37.6 Å². The lowest BCUT2D eigenvalue weighted by atomic mass is 10.1. The predicted molar refractivity (Wildman–Crippen MR) is 108 cm³/mol. The van der Waals surface area contributed by atoms with Gasteiger partial charge in [0.1, 0.15) is 0 Å². The van der Waals surface area contributed by atoms with Crippen LogP contribution in [0.15, 0.2) is 47.7 Å². The van der Waals surface area contributed by atoms with Crippen LogP contribution in [0.25, 0.3) is 0 Å². The molecule has 2 rings (SSSR count). The number of ether oxygens (including phenoxy) is 2. The third-order valence-electron chi connectivity index (χ3n) is 3.94. The Bertz CT molecular complexity index is 658. The highest BCUT2D eigenvalue weighted by Crippen LogP contribution is 2.06.